The van der Waals surface area contributed by atoms with Crippen molar-refractivity contribution >= 4 is 22.9 Å². The number of esters is 1. The van der Waals surface area contributed by atoms with Gasteiger partial charge in [0.15, 0.2) is 0 Å². The molecular formula is C15H15NO2. The molecule has 2 aromatic rings. The van der Waals surface area contributed by atoms with E-state index in [4.69, 9.17) is 4.74 Å². The predicted octanol–water partition coefficient (Wildman–Crippen LogP) is 3.12. The number of nitrogens with zero attached hydrogens (tertiary/aromatic N) is 1. The van der Waals surface area contributed by atoms with Gasteiger partial charge in [0.2, 0.25) is 0 Å². The summed E-state index contributed by atoms with van der Waals surface area (Å²) in [5.41, 5.74) is 2.99. The molecule has 0 saturated carbocycles. The van der Waals surface area contributed by atoms with Gasteiger partial charge in [0.25, 0.3) is 0 Å². The summed E-state index contributed by atoms with van der Waals surface area (Å²) in [7, 11) is 0. The van der Waals surface area contributed by atoms with Gasteiger partial charge in [-0.05, 0) is 43.2 Å². The van der Waals surface area contributed by atoms with Crippen LogP contribution in [0, 0.1) is 6.92 Å². The third-order valence-electron chi connectivity index (χ3n) is 2.58. The number of carbonyl (C=O) groups excluding carboxylic acids is 1. The lowest BCUT2D eigenvalue weighted by Gasteiger charge is -2.02. The fourth-order valence-corrected chi connectivity index (χ4v) is 1.77. The Hall–Kier alpha value is -2.16. The van der Waals surface area contributed by atoms with Crippen molar-refractivity contribution in [3.63, 3.8) is 0 Å². The van der Waals surface area contributed by atoms with Crippen molar-refractivity contribution in [3.05, 3.63) is 47.7 Å². The predicted molar refractivity (Wildman–Crippen MR) is 72.1 cm³/mol. The molecule has 0 fully saturated rings. The molecule has 1 heterocycles. The molecule has 0 atom stereocenters. The molecule has 0 aliphatic carbocycles. The van der Waals surface area contributed by atoms with Gasteiger partial charge >= 0.3 is 5.97 Å². The standard InChI is InChI=1S/C15H15NO2/c1-3-18-15(17)8-7-12-5-4-6-14-13(12)9-11(2)10-16-14/h4-10H,3H2,1-2H3/b8-7+. The van der Waals surface area contributed by atoms with Crippen LogP contribution in [0.3, 0.4) is 0 Å². The van der Waals surface area contributed by atoms with E-state index in [1.54, 1.807) is 13.0 Å². The van der Waals surface area contributed by atoms with Crippen molar-refractivity contribution in [2.75, 3.05) is 6.61 Å². The molecule has 0 aliphatic heterocycles. The normalized spacial score (nSPS) is 11.0. The number of hydrogen-bond acceptors (Lipinski definition) is 3. The van der Waals surface area contributed by atoms with E-state index in [-0.39, 0.29) is 5.97 Å². The summed E-state index contributed by atoms with van der Waals surface area (Å²) in [5, 5.41) is 1.04. The fourth-order valence-electron chi connectivity index (χ4n) is 1.77. The van der Waals surface area contributed by atoms with Crippen LogP contribution in [0.4, 0.5) is 0 Å². The van der Waals surface area contributed by atoms with E-state index in [1.807, 2.05) is 31.3 Å². The summed E-state index contributed by atoms with van der Waals surface area (Å²) in [5.74, 6) is -0.324. The van der Waals surface area contributed by atoms with Gasteiger partial charge in [0.1, 0.15) is 0 Å². The fraction of sp³-hybridized carbons (Fsp3) is 0.200. The van der Waals surface area contributed by atoms with E-state index < -0.39 is 0 Å². The summed E-state index contributed by atoms with van der Waals surface area (Å²) >= 11 is 0. The Morgan fingerprint density at radius 2 is 2.28 bits per heavy atom. The lowest BCUT2D eigenvalue weighted by atomic mass is 10.1. The summed E-state index contributed by atoms with van der Waals surface area (Å²) in [4.78, 5) is 15.6. The maximum Gasteiger partial charge on any atom is 0.330 e. The van der Waals surface area contributed by atoms with Crippen molar-refractivity contribution in [2.24, 2.45) is 0 Å². The van der Waals surface area contributed by atoms with E-state index in [1.165, 1.54) is 6.08 Å². The number of pyridine rings is 1. The molecule has 0 spiro atoms. The number of carbonyl (C=O) groups is 1. The Morgan fingerprint density at radius 3 is 3.06 bits per heavy atom. The average Bonchev–Trinajstić information content (AvgIpc) is 2.36. The molecular weight excluding hydrogens is 226 g/mol. The molecule has 3 heteroatoms. The number of aromatic nitrogens is 1. The van der Waals surface area contributed by atoms with Crippen LogP contribution in [0.1, 0.15) is 18.1 Å². The SMILES string of the molecule is CCOC(=O)/C=C/c1cccc2ncc(C)cc12. The highest BCUT2D eigenvalue weighted by atomic mass is 16.5. The van der Waals surface area contributed by atoms with E-state index in [2.05, 4.69) is 11.1 Å². The van der Waals surface area contributed by atoms with E-state index in [9.17, 15) is 4.79 Å². The first kappa shape index (κ1) is 12.3. The molecule has 0 bridgehead atoms. The van der Waals surface area contributed by atoms with E-state index in [0.29, 0.717) is 6.61 Å². The number of ether oxygens (including phenoxy) is 1. The van der Waals surface area contributed by atoms with Gasteiger partial charge in [-0.3, -0.25) is 4.98 Å². The van der Waals surface area contributed by atoms with Crippen LogP contribution in [-0.4, -0.2) is 17.6 Å². The number of aryl methyl sites for hydroxylation is 1. The minimum Gasteiger partial charge on any atom is -0.463 e. The minimum atomic E-state index is -0.324. The Labute approximate surface area is 106 Å². The average molecular weight is 241 g/mol. The van der Waals surface area contributed by atoms with Gasteiger partial charge in [-0.15, -0.1) is 0 Å². The molecule has 3 nitrogen and oxygen atoms in total. The maximum absolute atomic E-state index is 11.3. The second-order valence-electron chi connectivity index (χ2n) is 4.01. The van der Waals surface area contributed by atoms with Gasteiger partial charge in [0, 0.05) is 17.7 Å². The zero-order chi connectivity index (χ0) is 13.0. The van der Waals surface area contributed by atoms with Crippen molar-refractivity contribution in [2.45, 2.75) is 13.8 Å². The van der Waals surface area contributed by atoms with E-state index >= 15 is 0 Å². The third-order valence-corrected chi connectivity index (χ3v) is 2.58. The Kier molecular flexibility index (Phi) is 3.72. The van der Waals surface area contributed by atoms with Crippen LogP contribution in [-0.2, 0) is 9.53 Å². The largest absolute Gasteiger partial charge is 0.463 e. The smallest absolute Gasteiger partial charge is 0.330 e. The van der Waals surface area contributed by atoms with Crippen molar-refractivity contribution in [1.82, 2.24) is 4.98 Å². The first-order valence-corrected chi connectivity index (χ1v) is 5.91. The van der Waals surface area contributed by atoms with Crippen LogP contribution in [0.15, 0.2) is 36.5 Å². The first-order valence-electron chi connectivity index (χ1n) is 5.91. The lowest BCUT2D eigenvalue weighted by Crippen LogP contribution is -1.98. The zero-order valence-corrected chi connectivity index (χ0v) is 10.5. The molecule has 0 saturated heterocycles. The highest BCUT2D eigenvalue weighted by Gasteiger charge is 2.00. The van der Waals surface area contributed by atoms with Gasteiger partial charge in [0.05, 0.1) is 12.1 Å². The second kappa shape index (κ2) is 5.45. The van der Waals surface area contributed by atoms with Crippen LogP contribution in [0.2, 0.25) is 0 Å². The monoisotopic (exact) mass is 241 g/mol. The van der Waals surface area contributed by atoms with Crippen LogP contribution >= 0.6 is 0 Å². The molecule has 2 rings (SSSR count). The highest BCUT2D eigenvalue weighted by molar-refractivity contribution is 5.93. The van der Waals surface area contributed by atoms with Crippen molar-refractivity contribution in [3.8, 4) is 0 Å². The molecule has 0 radical (unpaired) electrons. The van der Waals surface area contributed by atoms with Crippen molar-refractivity contribution < 1.29 is 9.53 Å². The third kappa shape index (κ3) is 2.74. The topological polar surface area (TPSA) is 39.2 Å². The van der Waals surface area contributed by atoms with Crippen LogP contribution in [0.5, 0.6) is 0 Å². The minimum absolute atomic E-state index is 0.324. The molecule has 92 valence electrons. The van der Waals surface area contributed by atoms with E-state index in [0.717, 1.165) is 22.0 Å². The van der Waals surface area contributed by atoms with Crippen LogP contribution in [0.25, 0.3) is 17.0 Å². The molecule has 18 heavy (non-hydrogen) atoms. The number of benzene rings is 1. The quantitative estimate of drug-likeness (QED) is 0.612. The van der Waals surface area contributed by atoms with Gasteiger partial charge in [-0.25, -0.2) is 4.79 Å². The molecule has 0 unspecified atom stereocenters. The van der Waals surface area contributed by atoms with Crippen LogP contribution < -0.4 is 0 Å². The van der Waals surface area contributed by atoms with Gasteiger partial charge in [-0.2, -0.15) is 0 Å². The summed E-state index contributed by atoms with van der Waals surface area (Å²) in [6.07, 6.45) is 5.04. The highest BCUT2D eigenvalue weighted by Crippen LogP contribution is 2.19. The Bertz CT molecular complexity index is 602. The molecule has 0 N–H and O–H groups in total. The molecule has 0 amide bonds. The summed E-state index contributed by atoms with van der Waals surface area (Å²) in [6.45, 7) is 4.18. The second-order valence-corrected chi connectivity index (χ2v) is 4.01. The Morgan fingerprint density at radius 1 is 1.44 bits per heavy atom. The van der Waals surface area contributed by atoms with Gasteiger partial charge < -0.3 is 4.74 Å². The lowest BCUT2D eigenvalue weighted by molar-refractivity contribution is -0.137. The maximum atomic E-state index is 11.3. The van der Waals surface area contributed by atoms with Gasteiger partial charge in [-0.1, -0.05) is 12.1 Å². The molecule has 1 aromatic carbocycles. The summed E-state index contributed by atoms with van der Waals surface area (Å²) in [6, 6.07) is 7.90. The number of rotatable bonds is 3. The molecule has 1 aromatic heterocycles. The summed E-state index contributed by atoms with van der Waals surface area (Å²) < 4.78 is 4.86. The Balaban J connectivity index is 2.38. The number of hydrogen-bond donors (Lipinski definition) is 0. The van der Waals surface area contributed by atoms with Crippen molar-refractivity contribution in [1.29, 1.82) is 0 Å². The zero-order valence-electron chi connectivity index (χ0n) is 10.5. The first-order chi connectivity index (χ1) is 8.70. The molecule has 0 aliphatic rings. The number of fused-ring (bicyclic) bond motifs is 1.